The van der Waals surface area contributed by atoms with Crippen LogP contribution < -0.4 is 5.73 Å². The number of aromatic nitrogens is 1. The van der Waals surface area contributed by atoms with Gasteiger partial charge in [-0.1, -0.05) is 24.3 Å². The van der Waals surface area contributed by atoms with E-state index in [2.05, 4.69) is 4.98 Å². The summed E-state index contributed by atoms with van der Waals surface area (Å²) in [6.45, 7) is 0.526. The fourth-order valence-electron chi connectivity index (χ4n) is 2.57. The van der Waals surface area contributed by atoms with Gasteiger partial charge in [0.15, 0.2) is 0 Å². The third-order valence-corrected chi connectivity index (χ3v) is 4.03. The zero-order chi connectivity index (χ0) is 14.9. The molecule has 0 bridgehead atoms. The number of aliphatic carboxylic acids is 1. The number of H-pyrrole nitrogens is 1. The summed E-state index contributed by atoms with van der Waals surface area (Å²) < 4.78 is 5.04. The number of hydrogen-bond donors (Lipinski definition) is 3. The van der Waals surface area contributed by atoms with Gasteiger partial charge in [-0.15, -0.1) is 0 Å². The number of carbonyl (C=O) groups is 1. The lowest BCUT2D eigenvalue weighted by atomic mass is 9.82. The number of fused-ring (bicyclic) bond motifs is 1. The van der Waals surface area contributed by atoms with Crippen molar-refractivity contribution in [2.24, 2.45) is 11.1 Å². The predicted octanol–water partition coefficient (Wildman–Crippen LogP) is 2.04. The van der Waals surface area contributed by atoms with E-state index in [1.807, 2.05) is 36.5 Å². The summed E-state index contributed by atoms with van der Waals surface area (Å²) in [5.74, 6) is -0.815. The molecule has 1 saturated heterocycles. The number of benzene rings is 1. The van der Waals surface area contributed by atoms with E-state index in [9.17, 15) is 9.90 Å². The highest BCUT2D eigenvalue weighted by molar-refractivity contribution is 5.83. The quantitative estimate of drug-likeness (QED) is 0.785. The predicted molar refractivity (Wildman–Crippen MR) is 79.8 cm³/mol. The molecule has 0 spiro atoms. The number of rotatable bonds is 5. The van der Waals surface area contributed by atoms with Crippen LogP contribution in [0.3, 0.4) is 0 Å². The molecule has 0 saturated carbocycles. The maximum Gasteiger partial charge on any atom is 0.314 e. The summed E-state index contributed by atoms with van der Waals surface area (Å²) in [5.41, 5.74) is 8.15. The number of allylic oxidation sites excluding steroid dienone is 2. The summed E-state index contributed by atoms with van der Waals surface area (Å²) in [6, 6.07) is 8.04. The van der Waals surface area contributed by atoms with Gasteiger partial charge in [-0.2, -0.15) is 0 Å². The van der Waals surface area contributed by atoms with Crippen molar-refractivity contribution in [3.8, 4) is 0 Å². The second-order valence-corrected chi connectivity index (χ2v) is 5.60. The van der Waals surface area contributed by atoms with Gasteiger partial charge < -0.3 is 20.6 Å². The lowest BCUT2D eigenvalue weighted by Crippen LogP contribution is -2.48. The van der Waals surface area contributed by atoms with Crippen molar-refractivity contribution in [1.29, 1.82) is 0 Å². The largest absolute Gasteiger partial charge is 0.481 e. The molecule has 2 heterocycles. The number of aromatic amines is 1. The highest BCUT2D eigenvalue weighted by atomic mass is 16.5. The summed E-state index contributed by atoms with van der Waals surface area (Å²) >= 11 is 0. The van der Waals surface area contributed by atoms with Crippen LogP contribution in [0.2, 0.25) is 0 Å². The fraction of sp³-hybridized carbons (Fsp3) is 0.312. The van der Waals surface area contributed by atoms with Gasteiger partial charge >= 0.3 is 5.97 Å². The summed E-state index contributed by atoms with van der Waals surface area (Å²) in [4.78, 5) is 14.5. The smallest absolute Gasteiger partial charge is 0.314 e. The molecule has 0 amide bonds. The first-order valence-corrected chi connectivity index (χ1v) is 6.91. The van der Waals surface area contributed by atoms with E-state index in [1.165, 1.54) is 0 Å². The zero-order valence-corrected chi connectivity index (χ0v) is 11.6. The number of carboxylic acids is 1. The monoisotopic (exact) mass is 286 g/mol. The molecular weight excluding hydrogens is 268 g/mol. The number of nitrogens with one attached hydrogen (secondary N) is 1. The van der Waals surface area contributed by atoms with Crippen LogP contribution in [0.15, 0.2) is 42.2 Å². The van der Waals surface area contributed by atoms with Gasteiger partial charge in [0.1, 0.15) is 5.41 Å². The van der Waals surface area contributed by atoms with Crippen LogP contribution in [0.5, 0.6) is 0 Å². The Morgan fingerprint density at radius 2 is 2.19 bits per heavy atom. The number of nitrogens with two attached hydrogens (primary N) is 1. The third-order valence-electron chi connectivity index (χ3n) is 4.03. The van der Waals surface area contributed by atoms with Crippen LogP contribution >= 0.6 is 0 Å². The highest BCUT2D eigenvalue weighted by Crippen LogP contribution is 2.32. The van der Waals surface area contributed by atoms with Crippen LogP contribution in [0.1, 0.15) is 12.0 Å². The third kappa shape index (κ3) is 2.52. The van der Waals surface area contributed by atoms with E-state index in [0.29, 0.717) is 18.5 Å². The molecule has 5 heteroatoms. The molecule has 1 aliphatic heterocycles. The second-order valence-electron chi connectivity index (χ2n) is 5.60. The fourth-order valence-corrected chi connectivity index (χ4v) is 2.57. The van der Waals surface area contributed by atoms with Crippen LogP contribution in [-0.2, 0) is 16.0 Å². The Kier molecular flexibility index (Phi) is 3.43. The summed E-state index contributed by atoms with van der Waals surface area (Å²) in [6.07, 6.45) is 4.79. The Morgan fingerprint density at radius 3 is 2.86 bits per heavy atom. The minimum atomic E-state index is -0.815. The molecule has 2 aromatic rings. The number of ether oxygens (including phenoxy) is 1. The Hall–Kier alpha value is -2.27. The number of para-hydroxylation sites is 1. The minimum absolute atomic E-state index is 0.263. The van der Waals surface area contributed by atoms with Gasteiger partial charge in [0.2, 0.25) is 0 Å². The normalized spacial score (nSPS) is 17.6. The van der Waals surface area contributed by atoms with E-state index < -0.39 is 11.4 Å². The average molecular weight is 286 g/mol. The van der Waals surface area contributed by atoms with E-state index in [0.717, 1.165) is 16.5 Å². The van der Waals surface area contributed by atoms with Crippen molar-refractivity contribution in [3.63, 3.8) is 0 Å². The molecule has 1 aromatic carbocycles. The molecule has 1 fully saturated rings. The molecule has 1 aromatic heterocycles. The molecule has 0 aliphatic carbocycles. The maximum atomic E-state index is 11.3. The molecule has 0 atom stereocenters. The number of hydrogen-bond acceptors (Lipinski definition) is 3. The van der Waals surface area contributed by atoms with Crippen LogP contribution in [0.4, 0.5) is 0 Å². The van der Waals surface area contributed by atoms with Crippen molar-refractivity contribution < 1.29 is 14.6 Å². The molecule has 4 N–H and O–H groups in total. The molecule has 3 rings (SSSR count). The van der Waals surface area contributed by atoms with Gasteiger partial charge in [0, 0.05) is 29.2 Å². The second kappa shape index (κ2) is 5.26. The Labute approximate surface area is 122 Å². The first-order chi connectivity index (χ1) is 10.1. The Morgan fingerprint density at radius 1 is 1.43 bits per heavy atom. The maximum absolute atomic E-state index is 11.3. The minimum Gasteiger partial charge on any atom is -0.481 e. The van der Waals surface area contributed by atoms with Crippen molar-refractivity contribution >= 4 is 16.9 Å². The molecule has 0 radical (unpaired) electrons. The average Bonchev–Trinajstić information content (AvgIpc) is 2.81. The highest BCUT2D eigenvalue weighted by Gasteiger charge is 2.45. The molecule has 21 heavy (non-hydrogen) atoms. The van der Waals surface area contributed by atoms with Crippen molar-refractivity contribution in [2.75, 3.05) is 13.2 Å². The Balaban J connectivity index is 1.72. The van der Waals surface area contributed by atoms with Crippen LogP contribution in [-0.4, -0.2) is 29.3 Å². The van der Waals surface area contributed by atoms with Crippen LogP contribution in [0.25, 0.3) is 10.9 Å². The standard InChI is InChI=1S/C16H18N2O3/c17-12(5-6-16(15(19)20)9-21-10-16)7-11-8-18-14-4-2-1-3-13(11)14/h1-5,8,18H,6-7,9-10,17H2,(H,19,20)/b12-5-. The first-order valence-electron chi connectivity index (χ1n) is 6.91. The number of carboxylic acid groups (broad SMARTS) is 1. The van der Waals surface area contributed by atoms with E-state index >= 15 is 0 Å². The molecule has 0 unspecified atom stereocenters. The SMILES string of the molecule is N/C(=C\CC1(C(=O)O)COC1)Cc1c[nH]c2ccccc12. The van der Waals surface area contributed by atoms with Crippen molar-refractivity contribution in [2.45, 2.75) is 12.8 Å². The van der Waals surface area contributed by atoms with Crippen molar-refractivity contribution in [1.82, 2.24) is 4.98 Å². The molecule has 110 valence electrons. The van der Waals surface area contributed by atoms with Crippen molar-refractivity contribution in [3.05, 3.63) is 47.8 Å². The zero-order valence-electron chi connectivity index (χ0n) is 11.6. The van der Waals surface area contributed by atoms with Gasteiger partial charge in [-0.05, 0) is 18.1 Å². The first kappa shape index (κ1) is 13.7. The topological polar surface area (TPSA) is 88.3 Å². The van der Waals surface area contributed by atoms with Gasteiger partial charge in [-0.3, -0.25) is 4.79 Å². The van der Waals surface area contributed by atoms with Gasteiger partial charge in [0.25, 0.3) is 0 Å². The van der Waals surface area contributed by atoms with E-state index in [4.69, 9.17) is 10.5 Å². The molecule has 5 nitrogen and oxygen atoms in total. The van der Waals surface area contributed by atoms with E-state index in [1.54, 1.807) is 0 Å². The lowest BCUT2D eigenvalue weighted by molar-refractivity contribution is -0.178. The van der Waals surface area contributed by atoms with Crippen LogP contribution in [0, 0.1) is 5.41 Å². The lowest BCUT2D eigenvalue weighted by Gasteiger charge is -2.36. The van der Waals surface area contributed by atoms with Gasteiger partial charge in [-0.25, -0.2) is 0 Å². The molecule has 1 aliphatic rings. The Bertz CT molecular complexity index is 698. The van der Waals surface area contributed by atoms with Gasteiger partial charge in [0.05, 0.1) is 13.2 Å². The summed E-state index contributed by atoms with van der Waals surface area (Å²) in [7, 11) is 0. The van der Waals surface area contributed by atoms with E-state index in [-0.39, 0.29) is 13.2 Å². The summed E-state index contributed by atoms with van der Waals surface area (Å²) in [5, 5.41) is 10.4. The molecular formula is C16H18N2O3.